The first-order valence-corrected chi connectivity index (χ1v) is 12.2. The lowest BCUT2D eigenvalue weighted by Crippen LogP contribution is -2.30. The monoisotopic (exact) mass is 417 g/mol. The predicted molar refractivity (Wildman–Crippen MR) is 125 cm³/mol. The summed E-state index contributed by atoms with van der Waals surface area (Å²) in [5, 5.41) is 2.46. The molecule has 0 spiro atoms. The molecule has 0 aliphatic heterocycles. The minimum Gasteiger partial charge on any atom is -0.497 e. The second-order valence-electron chi connectivity index (χ2n) is 8.31. The molecule has 0 bridgehead atoms. The number of carbonyl (C=O) groups excluding carboxylic acids is 2. The molecular weight excluding hydrogens is 374 g/mol. The van der Waals surface area contributed by atoms with Crippen LogP contribution in [0.5, 0.6) is 5.75 Å². The average molecular weight is 418 g/mol. The Morgan fingerprint density at radius 2 is 1.27 bits per heavy atom. The Hall–Kier alpha value is -1.84. The standard InChI is InChI=1S/C26H43NO3/c1-3-4-5-6-7-8-9-10-11-12-13-14-15-16-17-21-25(28)27-26(29)23-19-18-20-24(22-23)30-2/h18-20,22H,3-17,21H2,1-2H3,(H,27,28,29). The molecule has 2 amide bonds. The second-order valence-corrected chi connectivity index (χ2v) is 8.31. The van der Waals surface area contributed by atoms with Crippen LogP contribution in [0.3, 0.4) is 0 Å². The lowest BCUT2D eigenvalue weighted by atomic mass is 10.0. The fourth-order valence-corrected chi connectivity index (χ4v) is 3.68. The smallest absolute Gasteiger partial charge is 0.257 e. The number of imide groups is 1. The Labute approximate surface area is 184 Å². The molecule has 0 radical (unpaired) electrons. The van der Waals surface area contributed by atoms with E-state index in [-0.39, 0.29) is 11.8 Å². The van der Waals surface area contributed by atoms with Crippen molar-refractivity contribution in [3.8, 4) is 5.75 Å². The van der Waals surface area contributed by atoms with Crippen molar-refractivity contribution in [2.75, 3.05) is 7.11 Å². The molecule has 4 heteroatoms. The van der Waals surface area contributed by atoms with E-state index in [1.54, 1.807) is 31.4 Å². The summed E-state index contributed by atoms with van der Waals surface area (Å²) >= 11 is 0. The predicted octanol–water partition coefficient (Wildman–Crippen LogP) is 7.21. The molecule has 1 N–H and O–H groups in total. The van der Waals surface area contributed by atoms with Crippen LogP contribution in [0.2, 0.25) is 0 Å². The maximum Gasteiger partial charge on any atom is 0.257 e. The highest BCUT2D eigenvalue weighted by atomic mass is 16.5. The number of unbranched alkanes of at least 4 members (excludes halogenated alkanes) is 14. The molecule has 1 aromatic rings. The highest BCUT2D eigenvalue weighted by Gasteiger charge is 2.10. The number of hydrogen-bond donors (Lipinski definition) is 1. The lowest BCUT2D eigenvalue weighted by Gasteiger charge is -2.06. The van der Waals surface area contributed by atoms with Gasteiger partial charge in [0.05, 0.1) is 7.11 Å². The molecule has 170 valence electrons. The van der Waals surface area contributed by atoms with Gasteiger partial charge in [-0.25, -0.2) is 0 Å². The molecule has 0 atom stereocenters. The van der Waals surface area contributed by atoms with E-state index in [0.717, 1.165) is 12.8 Å². The van der Waals surface area contributed by atoms with Crippen molar-refractivity contribution in [2.24, 2.45) is 0 Å². The number of rotatable bonds is 18. The van der Waals surface area contributed by atoms with Gasteiger partial charge in [-0.3, -0.25) is 14.9 Å². The van der Waals surface area contributed by atoms with Crippen LogP contribution in [0.25, 0.3) is 0 Å². The summed E-state index contributed by atoms with van der Waals surface area (Å²) < 4.78 is 5.11. The zero-order valence-corrected chi connectivity index (χ0v) is 19.3. The van der Waals surface area contributed by atoms with Gasteiger partial charge < -0.3 is 4.74 Å². The van der Waals surface area contributed by atoms with Gasteiger partial charge in [0.25, 0.3) is 5.91 Å². The second kappa shape index (κ2) is 18.0. The molecule has 0 aliphatic rings. The van der Waals surface area contributed by atoms with Gasteiger partial charge in [0, 0.05) is 12.0 Å². The van der Waals surface area contributed by atoms with Crippen LogP contribution in [0, 0.1) is 0 Å². The first kappa shape index (κ1) is 26.2. The molecule has 0 saturated heterocycles. The molecule has 0 fully saturated rings. The van der Waals surface area contributed by atoms with Gasteiger partial charge >= 0.3 is 0 Å². The number of ether oxygens (including phenoxy) is 1. The van der Waals surface area contributed by atoms with E-state index in [4.69, 9.17) is 4.74 Å². The molecule has 0 unspecified atom stereocenters. The molecular formula is C26H43NO3. The van der Waals surface area contributed by atoms with Crippen molar-refractivity contribution in [1.29, 1.82) is 0 Å². The van der Waals surface area contributed by atoms with Gasteiger partial charge in [-0.05, 0) is 24.6 Å². The van der Waals surface area contributed by atoms with Crippen molar-refractivity contribution < 1.29 is 14.3 Å². The Morgan fingerprint density at radius 1 is 0.767 bits per heavy atom. The Bertz CT molecular complexity index is 585. The van der Waals surface area contributed by atoms with Crippen molar-refractivity contribution in [2.45, 2.75) is 110 Å². The zero-order chi connectivity index (χ0) is 21.9. The Kier molecular flexibility index (Phi) is 15.7. The Morgan fingerprint density at radius 3 is 1.77 bits per heavy atom. The summed E-state index contributed by atoms with van der Waals surface area (Å²) in [5.74, 6) is 0.0508. The quantitative estimate of drug-likeness (QED) is 0.257. The minimum atomic E-state index is -0.361. The molecule has 0 aliphatic carbocycles. The fraction of sp³-hybridized carbons (Fsp3) is 0.692. The topological polar surface area (TPSA) is 55.4 Å². The van der Waals surface area contributed by atoms with Crippen molar-refractivity contribution in [3.63, 3.8) is 0 Å². The first-order valence-electron chi connectivity index (χ1n) is 12.2. The molecule has 30 heavy (non-hydrogen) atoms. The maximum absolute atomic E-state index is 12.1. The third-order valence-corrected chi connectivity index (χ3v) is 5.59. The molecule has 0 heterocycles. The van der Waals surface area contributed by atoms with Crippen LogP contribution in [0.4, 0.5) is 0 Å². The van der Waals surface area contributed by atoms with Gasteiger partial charge in [0.15, 0.2) is 0 Å². The summed E-state index contributed by atoms with van der Waals surface area (Å²) in [6.07, 6.45) is 19.9. The Balaban J connectivity index is 1.91. The van der Waals surface area contributed by atoms with E-state index in [1.165, 1.54) is 83.5 Å². The highest BCUT2D eigenvalue weighted by Crippen LogP contribution is 2.14. The zero-order valence-electron chi connectivity index (χ0n) is 19.3. The summed E-state index contributed by atoms with van der Waals surface area (Å²) in [6.45, 7) is 2.27. The number of benzene rings is 1. The van der Waals surface area contributed by atoms with Gasteiger partial charge in [0.2, 0.25) is 5.91 Å². The van der Waals surface area contributed by atoms with Crippen LogP contribution >= 0.6 is 0 Å². The molecule has 4 nitrogen and oxygen atoms in total. The van der Waals surface area contributed by atoms with Gasteiger partial charge in [-0.2, -0.15) is 0 Å². The van der Waals surface area contributed by atoms with Crippen LogP contribution in [-0.2, 0) is 4.79 Å². The highest BCUT2D eigenvalue weighted by molar-refractivity contribution is 6.04. The summed E-state index contributed by atoms with van der Waals surface area (Å²) in [4.78, 5) is 24.0. The summed E-state index contributed by atoms with van der Waals surface area (Å²) in [7, 11) is 1.55. The normalized spacial score (nSPS) is 10.7. The van der Waals surface area contributed by atoms with Gasteiger partial charge in [-0.15, -0.1) is 0 Å². The molecule has 1 rings (SSSR count). The van der Waals surface area contributed by atoms with E-state index in [1.807, 2.05) is 0 Å². The van der Waals surface area contributed by atoms with Crippen LogP contribution in [0.1, 0.15) is 120 Å². The molecule has 0 saturated carbocycles. The number of carbonyl (C=O) groups is 2. The van der Waals surface area contributed by atoms with Crippen LogP contribution in [0.15, 0.2) is 24.3 Å². The van der Waals surface area contributed by atoms with Gasteiger partial charge in [0.1, 0.15) is 5.75 Å². The number of methoxy groups -OCH3 is 1. The summed E-state index contributed by atoms with van der Waals surface area (Å²) in [6, 6.07) is 6.83. The average Bonchev–Trinajstić information content (AvgIpc) is 2.76. The largest absolute Gasteiger partial charge is 0.497 e. The van der Waals surface area contributed by atoms with Gasteiger partial charge in [-0.1, -0.05) is 103 Å². The van der Waals surface area contributed by atoms with E-state index in [9.17, 15) is 9.59 Å². The first-order chi connectivity index (χ1) is 14.7. The van der Waals surface area contributed by atoms with E-state index >= 15 is 0 Å². The van der Waals surface area contributed by atoms with Crippen molar-refractivity contribution in [3.05, 3.63) is 29.8 Å². The fourth-order valence-electron chi connectivity index (χ4n) is 3.68. The number of hydrogen-bond acceptors (Lipinski definition) is 3. The van der Waals surface area contributed by atoms with E-state index in [0.29, 0.717) is 17.7 Å². The van der Waals surface area contributed by atoms with E-state index < -0.39 is 0 Å². The van der Waals surface area contributed by atoms with Crippen LogP contribution < -0.4 is 10.1 Å². The van der Waals surface area contributed by atoms with Crippen molar-refractivity contribution >= 4 is 11.8 Å². The minimum absolute atomic E-state index is 0.197. The van der Waals surface area contributed by atoms with Crippen molar-refractivity contribution in [1.82, 2.24) is 5.32 Å². The molecule has 0 aromatic heterocycles. The number of nitrogens with one attached hydrogen (secondary N) is 1. The third kappa shape index (κ3) is 13.4. The third-order valence-electron chi connectivity index (χ3n) is 5.59. The summed E-state index contributed by atoms with van der Waals surface area (Å²) in [5.41, 5.74) is 0.444. The molecule has 1 aromatic carbocycles. The lowest BCUT2D eigenvalue weighted by molar-refractivity contribution is -0.120. The maximum atomic E-state index is 12.1. The van der Waals surface area contributed by atoms with Crippen LogP contribution in [-0.4, -0.2) is 18.9 Å². The SMILES string of the molecule is CCCCCCCCCCCCCCCCCC(=O)NC(=O)c1cccc(OC)c1. The van der Waals surface area contributed by atoms with E-state index in [2.05, 4.69) is 12.2 Å². The number of amides is 2.